The van der Waals surface area contributed by atoms with Crippen molar-refractivity contribution in [2.75, 3.05) is 0 Å². The molecule has 0 saturated heterocycles. The van der Waals surface area contributed by atoms with Gasteiger partial charge < -0.3 is 4.74 Å². The van der Waals surface area contributed by atoms with Crippen molar-refractivity contribution in [3.05, 3.63) is 175 Å². The maximum atomic E-state index is 7.64. The molecule has 2 nitrogen and oxygen atoms in total. The van der Waals surface area contributed by atoms with Crippen LogP contribution in [0, 0.1) is 6.57 Å². The minimum atomic E-state index is 0.646. The lowest BCUT2D eigenvalue weighted by atomic mass is 9.89. The predicted molar refractivity (Wildman–Crippen MR) is 213 cm³/mol. The molecule has 0 N–H and O–H groups in total. The van der Waals surface area contributed by atoms with Crippen molar-refractivity contribution in [2.45, 2.75) is 0 Å². The molecule has 0 spiro atoms. The van der Waals surface area contributed by atoms with E-state index in [1.165, 1.54) is 65.3 Å². The molecule has 1 heterocycles. The number of ether oxygens (including phenoxy) is 1. The van der Waals surface area contributed by atoms with Gasteiger partial charge in [0.2, 0.25) is 0 Å². The van der Waals surface area contributed by atoms with Gasteiger partial charge in [0.25, 0.3) is 0 Å². The van der Waals surface area contributed by atoms with E-state index in [0.29, 0.717) is 5.69 Å². The summed E-state index contributed by atoms with van der Waals surface area (Å²) in [6.45, 7) is 7.64. The van der Waals surface area contributed by atoms with Gasteiger partial charge in [-0.3, -0.25) is 0 Å². The van der Waals surface area contributed by atoms with Crippen LogP contribution >= 0.6 is 0 Å². The van der Waals surface area contributed by atoms with E-state index >= 15 is 0 Å². The summed E-state index contributed by atoms with van der Waals surface area (Å²) in [5, 5.41) is 12.2. The highest BCUT2D eigenvalue weighted by molar-refractivity contribution is 6.24. The van der Waals surface area contributed by atoms with Gasteiger partial charge in [0, 0.05) is 10.9 Å². The van der Waals surface area contributed by atoms with Crippen molar-refractivity contribution < 1.29 is 4.74 Å². The molecule has 234 valence electrons. The molecule has 0 atom stereocenters. The predicted octanol–water partition coefficient (Wildman–Crippen LogP) is 14.2. The highest BCUT2D eigenvalue weighted by Crippen LogP contribution is 2.49. The number of rotatable bonds is 3. The van der Waals surface area contributed by atoms with E-state index in [4.69, 9.17) is 11.3 Å². The highest BCUT2D eigenvalue weighted by Gasteiger charge is 2.22. The van der Waals surface area contributed by atoms with Gasteiger partial charge in [0.15, 0.2) is 5.69 Å². The van der Waals surface area contributed by atoms with Gasteiger partial charge in [-0.05, 0) is 136 Å². The molecule has 11 rings (SSSR count). The molecule has 10 aromatic carbocycles. The van der Waals surface area contributed by atoms with E-state index in [1.54, 1.807) is 0 Å². The van der Waals surface area contributed by atoms with Crippen molar-refractivity contribution in [2.24, 2.45) is 0 Å². The Balaban J connectivity index is 0.955. The van der Waals surface area contributed by atoms with Crippen molar-refractivity contribution >= 4 is 59.5 Å². The van der Waals surface area contributed by atoms with Crippen LogP contribution in [-0.2, 0) is 0 Å². The molecule has 0 aliphatic carbocycles. The first-order valence-corrected chi connectivity index (χ1v) is 17.3. The molecule has 0 aromatic heterocycles. The zero-order valence-corrected chi connectivity index (χ0v) is 27.4. The van der Waals surface area contributed by atoms with E-state index in [2.05, 4.69) is 144 Å². The Hall–Kier alpha value is -6.95. The van der Waals surface area contributed by atoms with Crippen LogP contribution < -0.4 is 4.74 Å². The fourth-order valence-electron chi connectivity index (χ4n) is 8.29. The average molecular weight is 646 g/mol. The van der Waals surface area contributed by atoms with Gasteiger partial charge in [0.1, 0.15) is 11.5 Å². The highest BCUT2D eigenvalue weighted by atomic mass is 16.5. The molecular weight excluding hydrogens is 619 g/mol. The molecule has 0 bridgehead atoms. The average Bonchev–Trinajstić information content (AvgIpc) is 3.19. The van der Waals surface area contributed by atoms with E-state index in [-0.39, 0.29) is 0 Å². The fraction of sp³-hybridized carbons (Fsp3) is 0. The molecule has 0 amide bonds. The smallest absolute Gasteiger partial charge is 0.195 e. The summed E-state index contributed by atoms with van der Waals surface area (Å²) in [5.41, 5.74) is 9.96. The molecule has 0 unspecified atom stereocenters. The Morgan fingerprint density at radius 1 is 0.353 bits per heavy atom. The van der Waals surface area contributed by atoms with Crippen LogP contribution in [0.15, 0.2) is 164 Å². The molecule has 1 aliphatic heterocycles. The van der Waals surface area contributed by atoms with Gasteiger partial charge in [-0.1, -0.05) is 115 Å². The third-order valence-electron chi connectivity index (χ3n) is 10.8. The summed E-state index contributed by atoms with van der Waals surface area (Å²) >= 11 is 0. The maximum Gasteiger partial charge on any atom is 0.195 e. The van der Waals surface area contributed by atoms with Crippen LogP contribution in [-0.4, -0.2) is 0 Å². The van der Waals surface area contributed by atoms with Gasteiger partial charge in [0.05, 0.1) is 6.57 Å². The van der Waals surface area contributed by atoms with E-state index in [9.17, 15) is 0 Å². The lowest BCUT2D eigenvalue weighted by molar-refractivity contribution is 0.487. The first-order chi connectivity index (χ1) is 25.2. The standard InChI is InChI=1S/C49H27NO/c1-50-44-20-22-46-49-41(7-4-8-42(44)49)43-28-34(19-21-45(43)51-46)30-9-11-31(12-10-30)39-24-35-15-17-37-26-40(27-38-18-16-36(25-39)47(35)48(37)38)33-14-13-29-5-2-3-6-32(29)23-33/h2-28H. The normalized spacial score (nSPS) is 12.1. The molecule has 2 heteroatoms. The number of hydrogen-bond donors (Lipinski definition) is 0. The molecule has 51 heavy (non-hydrogen) atoms. The Morgan fingerprint density at radius 3 is 1.57 bits per heavy atom. The molecule has 0 saturated carbocycles. The Labute approximate surface area is 294 Å². The lowest BCUT2D eigenvalue weighted by Crippen LogP contribution is -1.97. The van der Waals surface area contributed by atoms with Gasteiger partial charge in [-0.15, -0.1) is 0 Å². The second kappa shape index (κ2) is 10.5. The fourth-order valence-corrected chi connectivity index (χ4v) is 8.29. The van der Waals surface area contributed by atoms with Crippen LogP contribution in [0.4, 0.5) is 5.69 Å². The second-order valence-corrected chi connectivity index (χ2v) is 13.6. The van der Waals surface area contributed by atoms with E-state index in [1.807, 2.05) is 24.3 Å². The molecule has 1 aliphatic rings. The van der Waals surface area contributed by atoms with E-state index < -0.39 is 0 Å². The first-order valence-electron chi connectivity index (χ1n) is 17.3. The van der Waals surface area contributed by atoms with Crippen molar-refractivity contribution in [1.29, 1.82) is 0 Å². The molecule has 10 aromatic rings. The van der Waals surface area contributed by atoms with Gasteiger partial charge >= 0.3 is 0 Å². The van der Waals surface area contributed by atoms with Crippen LogP contribution in [0.1, 0.15) is 0 Å². The summed E-state index contributed by atoms with van der Waals surface area (Å²) in [7, 11) is 0. The van der Waals surface area contributed by atoms with Crippen molar-refractivity contribution in [3.8, 4) is 56.0 Å². The minimum Gasteiger partial charge on any atom is -0.456 e. The summed E-state index contributed by atoms with van der Waals surface area (Å²) in [5.74, 6) is 1.64. The number of nitrogens with zero attached hydrogens (tertiary/aromatic N) is 1. The third kappa shape index (κ3) is 4.22. The molecule has 0 fully saturated rings. The van der Waals surface area contributed by atoms with Crippen LogP contribution in [0.2, 0.25) is 0 Å². The maximum absolute atomic E-state index is 7.64. The lowest BCUT2D eigenvalue weighted by Gasteiger charge is -2.22. The topological polar surface area (TPSA) is 13.6 Å². The van der Waals surface area contributed by atoms with E-state index in [0.717, 1.165) is 44.5 Å². The second-order valence-electron chi connectivity index (χ2n) is 13.6. The minimum absolute atomic E-state index is 0.646. The first kappa shape index (κ1) is 27.9. The summed E-state index contributed by atoms with van der Waals surface area (Å²) in [6, 6.07) is 59.0. The third-order valence-corrected chi connectivity index (χ3v) is 10.8. The summed E-state index contributed by atoms with van der Waals surface area (Å²) < 4.78 is 6.34. The van der Waals surface area contributed by atoms with Gasteiger partial charge in [-0.25, -0.2) is 4.85 Å². The Bertz CT molecular complexity index is 3040. The summed E-state index contributed by atoms with van der Waals surface area (Å²) in [6.07, 6.45) is 0. The number of hydrogen-bond acceptors (Lipinski definition) is 1. The SMILES string of the molecule is [C-]#[N+]c1ccc2c3c(cccc13)-c1cc(-c3ccc(-c4cc5ccc6cc(-c7ccc8ccccc8c7)cc7ccc(c4)c5c67)cc3)ccc1O2. The number of benzene rings is 10. The zero-order valence-electron chi connectivity index (χ0n) is 27.4. The van der Waals surface area contributed by atoms with Gasteiger partial charge in [-0.2, -0.15) is 0 Å². The molecular formula is C49H27NO. The quantitative estimate of drug-likeness (QED) is 0.138. The number of fused-ring (bicyclic) bond motifs is 3. The summed E-state index contributed by atoms with van der Waals surface area (Å²) in [4.78, 5) is 3.75. The Morgan fingerprint density at radius 2 is 0.882 bits per heavy atom. The monoisotopic (exact) mass is 645 g/mol. The van der Waals surface area contributed by atoms with Crippen LogP contribution in [0.3, 0.4) is 0 Å². The van der Waals surface area contributed by atoms with Crippen LogP contribution in [0.5, 0.6) is 11.5 Å². The molecule has 0 radical (unpaired) electrons. The zero-order chi connectivity index (χ0) is 33.6. The van der Waals surface area contributed by atoms with Crippen molar-refractivity contribution in [1.82, 2.24) is 0 Å². The Kier molecular flexibility index (Phi) is 5.77. The van der Waals surface area contributed by atoms with Crippen molar-refractivity contribution in [3.63, 3.8) is 0 Å². The van der Waals surface area contributed by atoms with Crippen LogP contribution in [0.25, 0.3) is 103 Å². The largest absolute Gasteiger partial charge is 0.456 e.